The molecular weight excluding hydrogens is 200 g/mol. The van der Waals surface area contributed by atoms with Crippen molar-refractivity contribution < 1.29 is 8.42 Å². The molecule has 0 radical (unpaired) electrons. The quantitative estimate of drug-likeness (QED) is 0.677. The van der Waals surface area contributed by atoms with Crippen molar-refractivity contribution in [2.45, 2.75) is 32.7 Å². The Morgan fingerprint density at radius 2 is 2.00 bits per heavy atom. The number of nitrogens with one attached hydrogen (secondary N) is 2. The average Bonchev–Trinajstić information content (AvgIpc) is 2.85. The summed E-state index contributed by atoms with van der Waals surface area (Å²) in [6.45, 7) is 4.89. The molecule has 1 fully saturated rings. The highest BCUT2D eigenvalue weighted by Gasteiger charge is 2.42. The maximum Gasteiger partial charge on any atom is 0.212 e. The lowest BCUT2D eigenvalue weighted by Gasteiger charge is -2.20. The van der Waals surface area contributed by atoms with Crippen LogP contribution in [0.4, 0.5) is 0 Å². The lowest BCUT2D eigenvalue weighted by atomic mass is 10.0. The maximum atomic E-state index is 11.1. The summed E-state index contributed by atoms with van der Waals surface area (Å²) >= 11 is 0. The largest absolute Gasteiger partial charge is 0.313 e. The summed E-state index contributed by atoms with van der Waals surface area (Å²) in [6, 6.07) is 0.412. The van der Waals surface area contributed by atoms with Gasteiger partial charge in [-0.25, -0.2) is 13.1 Å². The van der Waals surface area contributed by atoms with Crippen molar-refractivity contribution in [3.8, 4) is 0 Å². The molecule has 1 aliphatic rings. The molecule has 0 heterocycles. The molecule has 0 saturated heterocycles. The van der Waals surface area contributed by atoms with Gasteiger partial charge in [0.2, 0.25) is 10.0 Å². The fraction of sp³-hybridized carbons (Fsp3) is 1.00. The van der Waals surface area contributed by atoms with Crippen molar-refractivity contribution in [3.63, 3.8) is 0 Å². The van der Waals surface area contributed by atoms with E-state index in [9.17, 15) is 8.42 Å². The van der Waals surface area contributed by atoms with E-state index in [0.717, 1.165) is 0 Å². The van der Waals surface area contributed by atoms with Crippen LogP contribution in [0, 0.1) is 5.41 Å². The van der Waals surface area contributed by atoms with Gasteiger partial charge < -0.3 is 5.32 Å². The van der Waals surface area contributed by atoms with E-state index in [1.165, 1.54) is 19.9 Å². The van der Waals surface area contributed by atoms with Crippen LogP contribution in [0.15, 0.2) is 0 Å². The summed E-state index contributed by atoms with van der Waals surface area (Å²) in [5.74, 6) is 0.157. The summed E-state index contributed by atoms with van der Waals surface area (Å²) < 4.78 is 24.5. The molecule has 0 aromatic carbocycles. The van der Waals surface area contributed by atoms with Crippen molar-refractivity contribution in [2.24, 2.45) is 5.41 Å². The number of hydrogen-bond donors (Lipinski definition) is 2. The third kappa shape index (κ3) is 3.22. The highest BCUT2D eigenvalue weighted by Crippen LogP contribution is 2.47. The van der Waals surface area contributed by atoms with Gasteiger partial charge in [0.15, 0.2) is 0 Å². The molecule has 4 nitrogen and oxygen atoms in total. The van der Waals surface area contributed by atoms with Gasteiger partial charge in [-0.05, 0) is 32.2 Å². The Balaban J connectivity index is 2.22. The van der Waals surface area contributed by atoms with Crippen molar-refractivity contribution in [3.05, 3.63) is 0 Å². The van der Waals surface area contributed by atoms with Gasteiger partial charge in [0.25, 0.3) is 0 Å². The van der Waals surface area contributed by atoms with Gasteiger partial charge in [-0.2, -0.15) is 0 Å². The third-order valence-corrected chi connectivity index (χ3v) is 4.58. The minimum absolute atomic E-state index is 0.157. The van der Waals surface area contributed by atoms with E-state index >= 15 is 0 Å². The first kappa shape index (κ1) is 11.9. The summed E-state index contributed by atoms with van der Waals surface area (Å²) in [4.78, 5) is 0. The molecule has 0 aromatic rings. The topological polar surface area (TPSA) is 58.2 Å². The van der Waals surface area contributed by atoms with E-state index in [1.807, 2.05) is 0 Å². The fourth-order valence-corrected chi connectivity index (χ4v) is 1.98. The molecule has 84 valence electrons. The SMILES string of the molecule is CNS(=O)(=O)CCNC(C)C1(C)CC1. The van der Waals surface area contributed by atoms with Gasteiger partial charge in [0, 0.05) is 12.6 Å². The summed E-state index contributed by atoms with van der Waals surface area (Å²) in [7, 11) is -1.61. The summed E-state index contributed by atoms with van der Waals surface area (Å²) in [5.41, 5.74) is 0.406. The summed E-state index contributed by atoms with van der Waals surface area (Å²) in [6.07, 6.45) is 2.50. The molecular formula is C9H20N2O2S. The van der Waals surface area contributed by atoms with Gasteiger partial charge in [0.05, 0.1) is 5.75 Å². The minimum atomic E-state index is -3.05. The molecule has 1 aliphatic carbocycles. The second-order valence-electron chi connectivity index (χ2n) is 4.35. The van der Waals surface area contributed by atoms with Gasteiger partial charge in [-0.3, -0.25) is 0 Å². The van der Waals surface area contributed by atoms with E-state index in [2.05, 4.69) is 23.9 Å². The van der Waals surface area contributed by atoms with Crippen LogP contribution in [0.5, 0.6) is 0 Å². The lowest BCUT2D eigenvalue weighted by Crippen LogP contribution is -2.38. The Morgan fingerprint density at radius 1 is 1.43 bits per heavy atom. The van der Waals surface area contributed by atoms with E-state index in [0.29, 0.717) is 18.0 Å². The van der Waals surface area contributed by atoms with Crippen LogP contribution in [0.2, 0.25) is 0 Å². The highest BCUT2D eigenvalue weighted by molar-refractivity contribution is 7.89. The smallest absolute Gasteiger partial charge is 0.212 e. The number of rotatable bonds is 6. The second kappa shape index (κ2) is 4.16. The third-order valence-electron chi connectivity index (χ3n) is 3.22. The molecule has 1 atom stereocenters. The predicted octanol–water partition coefficient (Wildman–Crippen LogP) is 0.314. The zero-order valence-electron chi connectivity index (χ0n) is 9.13. The molecule has 1 rings (SSSR count). The first-order valence-electron chi connectivity index (χ1n) is 5.04. The first-order chi connectivity index (χ1) is 6.40. The monoisotopic (exact) mass is 220 g/mol. The van der Waals surface area contributed by atoms with Crippen molar-refractivity contribution in [2.75, 3.05) is 19.3 Å². The minimum Gasteiger partial charge on any atom is -0.313 e. The number of sulfonamides is 1. The molecule has 5 heteroatoms. The molecule has 0 aliphatic heterocycles. The van der Waals surface area contributed by atoms with E-state index in [4.69, 9.17) is 0 Å². The van der Waals surface area contributed by atoms with Crippen LogP contribution >= 0.6 is 0 Å². The molecule has 14 heavy (non-hydrogen) atoms. The van der Waals surface area contributed by atoms with Gasteiger partial charge in [-0.1, -0.05) is 6.92 Å². The molecule has 0 spiro atoms. The number of hydrogen-bond acceptors (Lipinski definition) is 3. The van der Waals surface area contributed by atoms with Crippen molar-refractivity contribution in [1.82, 2.24) is 10.0 Å². The Labute approximate surface area is 86.5 Å². The molecule has 1 unspecified atom stereocenters. The molecule has 0 bridgehead atoms. The van der Waals surface area contributed by atoms with Crippen LogP contribution in [-0.4, -0.2) is 33.8 Å². The van der Waals surface area contributed by atoms with E-state index < -0.39 is 10.0 Å². The molecule has 1 saturated carbocycles. The fourth-order valence-electron chi connectivity index (χ4n) is 1.39. The zero-order valence-corrected chi connectivity index (χ0v) is 9.95. The zero-order chi connectivity index (χ0) is 10.8. The lowest BCUT2D eigenvalue weighted by molar-refractivity contribution is 0.389. The van der Waals surface area contributed by atoms with Crippen LogP contribution < -0.4 is 10.0 Å². The highest BCUT2D eigenvalue weighted by atomic mass is 32.2. The average molecular weight is 220 g/mol. The summed E-state index contributed by atoms with van der Waals surface area (Å²) in [5, 5.41) is 3.26. The first-order valence-corrected chi connectivity index (χ1v) is 6.69. The standard InChI is InChI=1S/C9H20N2O2S/c1-8(9(2)4-5-9)11-6-7-14(12,13)10-3/h8,10-11H,4-7H2,1-3H3. The Kier molecular flexibility index (Phi) is 3.55. The van der Waals surface area contributed by atoms with Gasteiger partial charge in [0.1, 0.15) is 0 Å². The predicted molar refractivity (Wildman–Crippen MR) is 57.7 cm³/mol. The van der Waals surface area contributed by atoms with Crippen LogP contribution in [-0.2, 0) is 10.0 Å². The second-order valence-corrected chi connectivity index (χ2v) is 6.40. The van der Waals surface area contributed by atoms with E-state index in [-0.39, 0.29) is 5.75 Å². The maximum absolute atomic E-state index is 11.1. The Hall–Kier alpha value is -0.130. The molecule has 2 N–H and O–H groups in total. The van der Waals surface area contributed by atoms with Gasteiger partial charge in [-0.15, -0.1) is 0 Å². The van der Waals surface area contributed by atoms with Crippen LogP contribution in [0.3, 0.4) is 0 Å². The van der Waals surface area contributed by atoms with Gasteiger partial charge >= 0.3 is 0 Å². The Bertz CT molecular complexity index is 283. The van der Waals surface area contributed by atoms with Crippen molar-refractivity contribution in [1.29, 1.82) is 0 Å². The van der Waals surface area contributed by atoms with Crippen LogP contribution in [0.1, 0.15) is 26.7 Å². The van der Waals surface area contributed by atoms with Crippen LogP contribution in [0.25, 0.3) is 0 Å². The molecule has 0 amide bonds. The Morgan fingerprint density at radius 3 is 2.43 bits per heavy atom. The molecule has 0 aromatic heterocycles. The van der Waals surface area contributed by atoms with Crippen molar-refractivity contribution >= 4 is 10.0 Å². The normalized spacial score (nSPS) is 21.9. The van der Waals surface area contributed by atoms with E-state index in [1.54, 1.807) is 0 Å².